The van der Waals surface area contributed by atoms with Crippen LogP contribution in [0.1, 0.15) is 20.8 Å². The lowest BCUT2D eigenvalue weighted by molar-refractivity contribution is -0.153. The third-order valence-corrected chi connectivity index (χ3v) is 0.725. The van der Waals surface area contributed by atoms with Crippen molar-refractivity contribution >= 4 is 12.4 Å². The first-order valence-electron chi connectivity index (χ1n) is 3.27. The van der Waals surface area contributed by atoms with Gasteiger partial charge in [0, 0.05) is 0 Å². The minimum Gasteiger partial charge on any atom is -0.459 e. The lowest BCUT2D eigenvalue weighted by atomic mass is 10.2. The Balaban J connectivity index is 3.61. The van der Waals surface area contributed by atoms with Crippen LogP contribution in [0.4, 0.5) is 0 Å². The number of carbonyl (C=O) groups is 1. The zero-order valence-electron chi connectivity index (χ0n) is 6.93. The molecule has 63 valence electrons. The summed E-state index contributed by atoms with van der Waals surface area (Å²) in [5, 5.41) is 2.09. The summed E-state index contributed by atoms with van der Waals surface area (Å²) in [5.41, 5.74) is -0.498. The summed E-state index contributed by atoms with van der Waals surface area (Å²) in [6.07, 6.45) is 1.38. The lowest BCUT2D eigenvalue weighted by Crippen LogP contribution is -2.30. The topological polar surface area (TPSA) is 55.4 Å². The van der Waals surface area contributed by atoms with Gasteiger partial charge in [-0.1, -0.05) is 0 Å². The van der Waals surface area contributed by atoms with Gasteiger partial charge in [-0.2, -0.15) is 0 Å². The molecule has 0 bridgehead atoms. The summed E-state index contributed by atoms with van der Waals surface area (Å²) in [6.45, 7) is 5.15. The van der Waals surface area contributed by atoms with E-state index in [4.69, 9.17) is 4.74 Å². The lowest BCUT2D eigenvalue weighted by Gasteiger charge is -2.18. The summed E-state index contributed by atoms with van der Waals surface area (Å²) in [5.74, 6) is -0.458. The van der Waals surface area contributed by atoms with Gasteiger partial charge >= 0.3 is 12.4 Å². The average molecular weight is 158 g/mol. The summed E-state index contributed by atoms with van der Waals surface area (Å²) in [4.78, 5) is 20.4. The molecule has 1 N–H and O–H groups in total. The third kappa shape index (κ3) is 6.83. The maximum absolute atomic E-state index is 10.8. The first-order chi connectivity index (χ1) is 4.95. The molecule has 0 heterocycles. The first kappa shape index (κ1) is 9.94. The van der Waals surface area contributed by atoms with Gasteiger partial charge in [0.05, 0.1) is 0 Å². The number of esters is 1. The van der Waals surface area contributed by atoms with Crippen molar-refractivity contribution in [3.8, 4) is 0 Å². The number of nitrogens with one attached hydrogen (secondary N) is 1. The number of hydrogen-bond acceptors (Lipinski definition) is 3. The molecule has 0 fully saturated rings. The van der Waals surface area contributed by atoms with E-state index in [-0.39, 0.29) is 6.54 Å². The second-order valence-corrected chi connectivity index (χ2v) is 3.04. The molecule has 0 aromatic heterocycles. The van der Waals surface area contributed by atoms with E-state index in [9.17, 15) is 9.59 Å². The van der Waals surface area contributed by atoms with Gasteiger partial charge in [-0.3, -0.25) is 9.59 Å². The highest BCUT2D eigenvalue weighted by Gasteiger charge is 2.15. The molecular formula is C7H12NO3. The van der Waals surface area contributed by atoms with Crippen LogP contribution >= 0.6 is 0 Å². The van der Waals surface area contributed by atoms with Crippen LogP contribution in [0, 0.1) is 0 Å². The molecule has 0 aliphatic rings. The van der Waals surface area contributed by atoms with E-state index in [1.165, 1.54) is 6.41 Å². The normalized spacial score (nSPS) is 10.5. The van der Waals surface area contributed by atoms with Crippen molar-refractivity contribution < 1.29 is 14.3 Å². The third-order valence-electron chi connectivity index (χ3n) is 0.725. The van der Waals surface area contributed by atoms with Crippen molar-refractivity contribution in [1.82, 2.24) is 5.32 Å². The zero-order valence-corrected chi connectivity index (χ0v) is 6.93. The maximum Gasteiger partial charge on any atom is 0.325 e. The van der Waals surface area contributed by atoms with E-state index in [2.05, 4.69) is 5.32 Å². The standard InChI is InChI=1S/C7H12NO3/c1-7(2,3)11-6(10)4-8-5-9/h4H2,1-3H3,(H,8,9). The molecule has 4 nitrogen and oxygen atoms in total. The summed E-state index contributed by atoms with van der Waals surface area (Å²) >= 11 is 0. The minimum absolute atomic E-state index is 0.124. The van der Waals surface area contributed by atoms with Crippen molar-refractivity contribution in [2.45, 2.75) is 26.4 Å². The molecule has 0 aliphatic carbocycles. The minimum atomic E-state index is -0.498. The maximum atomic E-state index is 10.8. The number of rotatable bonds is 3. The van der Waals surface area contributed by atoms with Crippen LogP contribution in [-0.4, -0.2) is 24.5 Å². The highest BCUT2D eigenvalue weighted by atomic mass is 16.6. The molecule has 0 saturated heterocycles. The number of hydrogen-bond donors (Lipinski definition) is 1. The molecule has 0 aromatic rings. The quantitative estimate of drug-likeness (QED) is 0.464. The van der Waals surface area contributed by atoms with Gasteiger partial charge < -0.3 is 10.1 Å². The van der Waals surface area contributed by atoms with E-state index in [0.29, 0.717) is 0 Å². The Hall–Kier alpha value is -1.06. The smallest absolute Gasteiger partial charge is 0.325 e. The van der Waals surface area contributed by atoms with Gasteiger partial charge in [-0.15, -0.1) is 0 Å². The van der Waals surface area contributed by atoms with Crippen LogP contribution in [0.25, 0.3) is 0 Å². The molecule has 1 amide bonds. The van der Waals surface area contributed by atoms with E-state index < -0.39 is 11.6 Å². The van der Waals surface area contributed by atoms with Crippen LogP contribution in [0.2, 0.25) is 0 Å². The molecule has 0 atom stereocenters. The first-order valence-corrected chi connectivity index (χ1v) is 3.27. The highest BCUT2D eigenvalue weighted by molar-refractivity contribution is 5.74. The number of ether oxygens (including phenoxy) is 1. The Morgan fingerprint density at radius 1 is 1.55 bits per heavy atom. The molecule has 0 saturated carbocycles. The molecule has 0 rings (SSSR count). The fourth-order valence-electron chi connectivity index (χ4n) is 0.486. The van der Waals surface area contributed by atoms with E-state index in [1.54, 1.807) is 20.8 Å². The fourth-order valence-corrected chi connectivity index (χ4v) is 0.486. The largest absolute Gasteiger partial charge is 0.459 e. The predicted octanol–water partition coefficient (Wildman–Crippen LogP) is -0.0151. The molecule has 1 radical (unpaired) electrons. The van der Waals surface area contributed by atoms with Crippen LogP contribution in [0.15, 0.2) is 0 Å². The summed E-state index contributed by atoms with van der Waals surface area (Å²) in [7, 11) is 0. The predicted molar refractivity (Wildman–Crippen MR) is 39.5 cm³/mol. The van der Waals surface area contributed by atoms with Crippen LogP contribution in [-0.2, 0) is 14.3 Å². The molecule has 0 aliphatic heterocycles. The van der Waals surface area contributed by atoms with Crippen molar-refractivity contribution in [2.75, 3.05) is 6.54 Å². The van der Waals surface area contributed by atoms with E-state index >= 15 is 0 Å². The fraction of sp³-hybridized carbons (Fsp3) is 0.714. The van der Waals surface area contributed by atoms with Crippen LogP contribution in [0.5, 0.6) is 0 Å². The summed E-state index contributed by atoms with van der Waals surface area (Å²) in [6, 6.07) is 0. The average Bonchev–Trinajstić information content (AvgIpc) is 1.79. The molecule has 0 aromatic carbocycles. The Bertz CT molecular complexity index is 148. The van der Waals surface area contributed by atoms with Crippen LogP contribution < -0.4 is 5.32 Å². The van der Waals surface area contributed by atoms with Gasteiger partial charge in [0.1, 0.15) is 12.1 Å². The molecular weight excluding hydrogens is 146 g/mol. The number of amides is 1. The Morgan fingerprint density at radius 2 is 2.09 bits per heavy atom. The zero-order chi connectivity index (χ0) is 8.91. The molecule has 4 heteroatoms. The second-order valence-electron chi connectivity index (χ2n) is 3.04. The molecule has 0 spiro atoms. The monoisotopic (exact) mass is 158 g/mol. The van der Waals surface area contributed by atoms with Gasteiger partial charge in [-0.05, 0) is 20.8 Å². The Labute approximate surface area is 65.9 Å². The number of carbonyl (C=O) groups excluding carboxylic acids is 2. The van der Waals surface area contributed by atoms with Gasteiger partial charge in [-0.25, -0.2) is 0 Å². The van der Waals surface area contributed by atoms with Crippen molar-refractivity contribution in [3.63, 3.8) is 0 Å². The van der Waals surface area contributed by atoms with Crippen LogP contribution in [0.3, 0.4) is 0 Å². The Morgan fingerprint density at radius 3 is 2.45 bits per heavy atom. The van der Waals surface area contributed by atoms with Crippen molar-refractivity contribution in [3.05, 3.63) is 0 Å². The molecule has 11 heavy (non-hydrogen) atoms. The van der Waals surface area contributed by atoms with E-state index in [0.717, 1.165) is 0 Å². The molecule has 0 unspecified atom stereocenters. The van der Waals surface area contributed by atoms with E-state index in [1.807, 2.05) is 0 Å². The SMILES string of the molecule is CC(C)(C)OC(=O)CN[C]=O. The van der Waals surface area contributed by atoms with Crippen molar-refractivity contribution in [1.29, 1.82) is 0 Å². The second kappa shape index (κ2) is 3.95. The van der Waals surface area contributed by atoms with Gasteiger partial charge in [0.25, 0.3) is 0 Å². The highest BCUT2D eigenvalue weighted by Crippen LogP contribution is 2.05. The van der Waals surface area contributed by atoms with Gasteiger partial charge in [0.15, 0.2) is 0 Å². The Kier molecular flexibility index (Phi) is 3.57. The van der Waals surface area contributed by atoms with Gasteiger partial charge in [0.2, 0.25) is 0 Å². The van der Waals surface area contributed by atoms with Crippen molar-refractivity contribution in [2.24, 2.45) is 0 Å². The summed E-state index contributed by atoms with van der Waals surface area (Å²) < 4.78 is 4.86.